The fourth-order valence-electron chi connectivity index (χ4n) is 2.04. The summed E-state index contributed by atoms with van der Waals surface area (Å²) >= 11 is 5.07. The van der Waals surface area contributed by atoms with Crippen LogP contribution in [0.15, 0.2) is 33.4 Å². The molecule has 112 valence electrons. The zero-order valence-corrected chi connectivity index (χ0v) is 14.1. The number of hydrogen-bond donors (Lipinski definition) is 0. The molecular weight excluding hydrogens is 357 g/mol. The number of ether oxygens (including phenoxy) is 1. The molecule has 0 aliphatic carbocycles. The first-order chi connectivity index (χ1) is 9.99. The van der Waals surface area contributed by atoms with Gasteiger partial charge in [0.05, 0.1) is 16.5 Å². The molecule has 0 N–H and O–H groups in total. The number of esters is 1. The summed E-state index contributed by atoms with van der Waals surface area (Å²) in [5.74, 6) is -1.21. The average molecular weight is 372 g/mol. The normalized spacial score (nSPS) is 10.9. The zero-order valence-electron chi connectivity index (χ0n) is 11.7. The van der Waals surface area contributed by atoms with Crippen LogP contribution in [0.5, 0.6) is 0 Å². The average Bonchev–Trinajstić information content (AvgIpc) is 2.83. The molecule has 0 unspecified atom stereocenters. The number of hydrogen-bond acceptors (Lipinski definition) is 4. The molecule has 0 spiro atoms. The van der Waals surface area contributed by atoms with Crippen molar-refractivity contribution in [1.82, 2.24) is 4.90 Å². The highest BCUT2D eigenvalue weighted by atomic mass is 79.9. The van der Waals surface area contributed by atoms with Gasteiger partial charge in [-0.15, -0.1) is 11.3 Å². The van der Waals surface area contributed by atoms with Crippen LogP contribution in [0.1, 0.15) is 21.5 Å². The van der Waals surface area contributed by atoms with Crippen LogP contribution in [-0.2, 0) is 17.8 Å². The van der Waals surface area contributed by atoms with Gasteiger partial charge >= 0.3 is 5.97 Å². The largest absolute Gasteiger partial charge is 0.465 e. The van der Waals surface area contributed by atoms with Crippen molar-refractivity contribution in [3.8, 4) is 0 Å². The van der Waals surface area contributed by atoms with Crippen molar-refractivity contribution < 1.29 is 13.9 Å². The minimum Gasteiger partial charge on any atom is -0.465 e. The van der Waals surface area contributed by atoms with Crippen molar-refractivity contribution in [2.24, 2.45) is 0 Å². The molecule has 21 heavy (non-hydrogen) atoms. The Hall–Kier alpha value is -1.24. The van der Waals surface area contributed by atoms with Gasteiger partial charge in [0.25, 0.3) is 0 Å². The molecule has 0 atom stereocenters. The van der Waals surface area contributed by atoms with Crippen molar-refractivity contribution in [3.63, 3.8) is 0 Å². The van der Waals surface area contributed by atoms with E-state index in [0.717, 1.165) is 15.9 Å². The Labute approximate surface area is 135 Å². The van der Waals surface area contributed by atoms with Crippen LogP contribution in [0.4, 0.5) is 4.39 Å². The molecule has 2 rings (SSSR count). The van der Waals surface area contributed by atoms with E-state index in [-0.39, 0.29) is 5.56 Å². The van der Waals surface area contributed by atoms with Crippen LogP contribution < -0.4 is 0 Å². The smallest absolute Gasteiger partial charge is 0.340 e. The molecule has 0 bridgehead atoms. The lowest BCUT2D eigenvalue weighted by molar-refractivity contribution is 0.0595. The number of rotatable bonds is 5. The van der Waals surface area contributed by atoms with E-state index in [9.17, 15) is 9.18 Å². The molecule has 1 heterocycles. The minimum absolute atomic E-state index is 0.0364. The van der Waals surface area contributed by atoms with Gasteiger partial charge in [0.1, 0.15) is 5.82 Å². The maximum absolute atomic E-state index is 13.8. The highest BCUT2D eigenvalue weighted by Crippen LogP contribution is 2.22. The van der Waals surface area contributed by atoms with Crippen LogP contribution >= 0.6 is 27.3 Å². The van der Waals surface area contributed by atoms with Gasteiger partial charge in [-0.3, -0.25) is 4.90 Å². The number of carbonyl (C=O) groups is 1. The summed E-state index contributed by atoms with van der Waals surface area (Å²) in [6.07, 6.45) is 0. The van der Waals surface area contributed by atoms with E-state index in [2.05, 4.69) is 37.0 Å². The Kier molecular flexibility index (Phi) is 5.50. The first-order valence-corrected chi connectivity index (χ1v) is 7.95. The van der Waals surface area contributed by atoms with E-state index >= 15 is 0 Å². The molecule has 0 aliphatic rings. The van der Waals surface area contributed by atoms with E-state index < -0.39 is 11.8 Å². The van der Waals surface area contributed by atoms with Gasteiger partial charge in [-0.1, -0.05) is 6.07 Å². The first-order valence-electron chi connectivity index (χ1n) is 6.28. The van der Waals surface area contributed by atoms with Crippen LogP contribution in [0, 0.1) is 5.82 Å². The Morgan fingerprint density at radius 2 is 2.05 bits per heavy atom. The van der Waals surface area contributed by atoms with Crippen molar-refractivity contribution in [2.45, 2.75) is 13.1 Å². The van der Waals surface area contributed by atoms with Gasteiger partial charge in [-0.25, -0.2) is 9.18 Å². The highest BCUT2D eigenvalue weighted by molar-refractivity contribution is 9.11. The molecule has 0 saturated carbocycles. The second-order valence-corrected chi connectivity index (χ2v) is 7.03. The molecule has 2 aromatic rings. The summed E-state index contributed by atoms with van der Waals surface area (Å²) in [7, 11) is 3.21. The first kappa shape index (κ1) is 16.1. The van der Waals surface area contributed by atoms with Gasteiger partial charge < -0.3 is 4.74 Å². The predicted octanol–water partition coefficient (Wildman–Crippen LogP) is 4.07. The summed E-state index contributed by atoms with van der Waals surface area (Å²) in [5, 5.41) is 2.08. The Morgan fingerprint density at radius 1 is 1.33 bits per heavy atom. The van der Waals surface area contributed by atoms with Crippen molar-refractivity contribution in [3.05, 3.63) is 55.9 Å². The van der Waals surface area contributed by atoms with Crippen LogP contribution in [0.2, 0.25) is 0 Å². The monoisotopic (exact) mass is 371 g/mol. The SMILES string of the molecule is COC(=O)c1ccc(CN(C)Cc2csc(Br)c2)cc1F. The minimum atomic E-state index is -0.657. The van der Waals surface area contributed by atoms with E-state index in [1.807, 2.05) is 7.05 Å². The number of methoxy groups -OCH3 is 1. The topological polar surface area (TPSA) is 29.5 Å². The lowest BCUT2D eigenvalue weighted by atomic mass is 10.1. The third-order valence-corrected chi connectivity index (χ3v) is 4.52. The highest BCUT2D eigenvalue weighted by Gasteiger charge is 2.13. The Morgan fingerprint density at radius 3 is 2.62 bits per heavy atom. The standard InChI is InChI=1S/C15H15BrFNO2S/c1-18(8-11-6-14(16)21-9-11)7-10-3-4-12(13(17)5-10)15(19)20-2/h3-6,9H,7-8H2,1-2H3. The summed E-state index contributed by atoms with van der Waals surface area (Å²) < 4.78 is 19.5. The van der Waals surface area contributed by atoms with Gasteiger partial charge in [0.15, 0.2) is 0 Å². The lowest BCUT2D eigenvalue weighted by Gasteiger charge is -2.16. The maximum atomic E-state index is 13.8. The molecule has 0 aliphatic heterocycles. The maximum Gasteiger partial charge on any atom is 0.340 e. The molecule has 0 saturated heterocycles. The van der Waals surface area contributed by atoms with Crippen molar-refractivity contribution in [2.75, 3.05) is 14.2 Å². The second kappa shape index (κ2) is 7.15. The molecule has 3 nitrogen and oxygen atoms in total. The van der Waals surface area contributed by atoms with Gasteiger partial charge in [-0.05, 0) is 57.7 Å². The molecule has 1 aromatic carbocycles. The molecule has 1 aromatic heterocycles. The van der Waals surface area contributed by atoms with Gasteiger partial charge in [0.2, 0.25) is 0 Å². The predicted molar refractivity (Wildman–Crippen MR) is 84.9 cm³/mol. The third-order valence-electron chi connectivity index (χ3n) is 2.97. The quantitative estimate of drug-likeness (QED) is 0.742. The number of carbonyl (C=O) groups excluding carboxylic acids is 1. The Balaban J connectivity index is 2.02. The molecule has 0 fully saturated rings. The molecular formula is C15H15BrFNO2S. The summed E-state index contributed by atoms with van der Waals surface area (Å²) in [5.41, 5.74) is 1.99. The van der Waals surface area contributed by atoms with Crippen LogP contribution in [-0.4, -0.2) is 25.0 Å². The zero-order chi connectivity index (χ0) is 15.4. The van der Waals surface area contributed by atoms with Gasteiger partial charge in [-0.2, -0.15) is 0 Å². The number of halogens is 2. The van der Waals surface area contributed by atoms with Crippen LogP contribution in [0.3, 0.4) is 0 Å². The van der Waals surface area contributed by atoms with Gasteiger partial charge in [0, 0.05) is 13.1 Å². The fraction of sp³-hybridized carbons (Fsp3) is 0.267. The van der Waals surface area contributed by atoms with E-state index in [4.69, 9.17) is 0 Å². The summed E-state index contributed by atoms with van der Waals surface area (Å²) in [6, 6.07) is 6.66. The number of thiophene rings is 1. The Bertz CT molecular complexity index is 644. The summed E-state index contributed by atoms with van der Waals surface area (Å²) in [6.45, 7) is 1.38. The molecule has 6 heteroatoms. The fourth-order valence-corrected chi connectivity index (χ4v) is 3.24. The van der Waals surface area contributed by atoms with E-state index in [1.54, 1.807) is 17.4 Å². The third kappa shape index (κ3) is 4.36. The van der Waals surface area contributed by atoms with Crippen molar-refractivity contribution >= 4 is 33.2 Å². The van der Waals surface area contributed by atoms with Crippen molar-refractivity contribution in [1.29, 1.82) is 0 Å². The van der Waals surface area contributed by atoms with E-state index in [1.165, 1.54) is 24.8 Å². The molecule has 0 radical (unpaired) electrons. The number of benzene rings is 1. The lowest BCUT2D eigenvalue weighted by Crippen LogP contribution is -2.17. The number of nitrogens with zero attached hydrogens (tertiary/aromatic N) is 1. The van der Waals surface area contributed by atoms with E-state index in [0.29, 0.717) is 6.54 Å². The summed E-state index contributed by atoms with van der Waals surface area (Å²) in [4.78, 5) is 13.4. The van der Waals surface area contributed by atoms with Crippen LogP contribution in [0.25, 0.3) is 0 Å². The second-order valence-electron chi connectivity index (χ2n) is 4.74. The molecule has 0 amide bonds.